The summed E-state index contributed by atoms with van der Waals surface area (Å²) in [7, 11) is 0. The summed E-state index contributed by atoms with van der Waals surface area (Å²) in [5.74, 6) is -1.88. The molecule has 44 heavy (non-hydrogen) atoms. The fourth-order valence-electron chi connectivity index (χ4n) is 4.20. The average Bonchev–Trinajstić information content (AvgIpc) is 2.87. The predicted molar refractivity (Wildman–Crippen MR) is 162 cm³/mol. The third kappa shape index (κ3) is 8.48. The van der Waals surface area contributed by atoms with Gasteiger partial charge in [0.25, 0.3) is 0 Å². The van der Waals surface area contributed by atoms with Crippen molar-refractivity contribution in [3.8, 4) is 11.5 Å². The number of aliphatic carboxylic acids is 1. The number of hydrazine groups is 1. The van der Waals surface area contributed by atoms with Crippen molar-refractivity contribution in [1.82, 2.24) is 9.99 Å². The Labute approximate surface area is 256 Å². The number of carbonyl (C=O) groups is 3. The molecule has 0 aliphatic rings. The summed E-state index contributed by atoms with van der Waals surface area (Å²) in [6, 6.07) is 6.55. The van der Waals surface area contributed by atoms with Gasteiger partial charge in [0.05, 0.1) is 18.4 Å². The second-order valence-electron chi connectivity index (χ2n) is 12.2. The SMILES string of the molecule is CCOc1cc(C(C(=O)O)N(c2cc3ccncc3cc2F)N(C(=O)OC(C)(C)C)C(=O)OC(C)(C)C)ccc1OC(C)C. The molecule has 3 rings (SSSR count). The molecule has 2 aromatic carbocycles. The predicted octanol–water partition coefficient (Wildman–Crippen LogP) is 7.28. The molecule has 0 aliphatic heterocycles. The zero-order chi connectivity index (χ0) is 33.0. The summed E-state index contributed by atoms with van der Waals surface area (Å²) in [5, 5.41) is 12.7. The molecule has 1 heterocycles. The number of pyridine rings is 1. The molecule has 3 aromatic rings. The van der Waals surface area contributed by atoms with Crippen molar-refractivity contribution in [1.29, 1.82) is 0 Å². The zero-order valence-electron chi connectivity index (χ0n) is 26.5. The van der Waals surface area contributed by atoms with Crippen LogP contribution < -0.4 is 14.5 Å². The van der Waals surface area contributed by atoms with Crippen LogP contribution in [0.1, 0.15) is 73.9 Å². The highest BCUT2D eigenvalue weighted by Crippen LogP contribution is 2.39. The number of fused-ring (bicyclic) bond motifs is 1. The Kier molecular flexibility index (Phi) is 10.3. The minimum absolute atomic E-state index is 0.0448. The van der Waals surface area contributed by atoms with E-state index in [4.69, 9.17) is 18.9 Å². The van der Waals surface area contributed by atoms with Gasteiger partial charge >= 0.3 is 18.2 Å². The van der Waals surface area contributed by atoms with Gasteiger partial charge in [-0.15, -0.1) is 5.01 Å². The van der Waals surface area contributed by atoms with E-state index < -0.39 is 46.9 Å². The molecule has 1 N–H and O–H groups in total. The summed E-state index contributed by atoms with van der Waals surface area (Å²) in [4.78, 5) is 44.7. The van der Waals surface area contributed by atoms with Crippen LogP contribution in [0.4, 0.5) is 19.7 Å². The van der Waals surface area contributed by atoms with E-state index in [0.717, 1.165) is 11.1 Å². The quantitative estimate of drug-likeness (QED) is 0.246. The number of amides is 2. The lowest BCUT2D eigenvalue weighted by Crippen LogP contribution is -2.56. The minimum Gasteiger partial charge on any atom is -0.490 e. The molecule has 0 saturated heterocycles. The van der Waals surface area contributed by atoms with Gasteiger partial charge in [0.1, 0.15) is 17.0 Å². The highest BCUT2D eigenvalue weighted by molar-refractivity contribution is 5.94. The maximum atomic E-state index is 16.0. The summed E-state index contributed by atoms with van der Waals surface area (Å²) in [5.41, 5.74) is -2.60. The van der Waals surface area contributed by atoms with E-state index >= 15 is 4.39 Å². The Bertz CT molecular complexity index is 1490. The van der Waals surface area contributed by atoms with Crippen molar-refractivity contribution >= 4 is 34.6 Å². The summed E-state index contributed by atoms with van der Waals surface area (Å²) in [6.07, 6.45) is 0.129. The molecule has 0 radical (unpaired) electrons. The lowest BCUT2D eigenvalue weighted by atomic mass is 10.0. The molecule has 238 valence electrons. The third-order valence-corrected chi connectivity index (χ3v) is 5.73. The number of nitrogens with zero attached hydrogens (tertiary/aromatic N) is 3. The van der Waals surface area contributed by atoms with Crippen LogP contribution in [0.3, 0.4) is 0 Å². The highest BCUT2D eigenvalue weighted by Gasteiger charge is 2.44. The van der Waals surface area contributed by atoms with Gasteiger partial charge < -0.3 is 24.1 Å². The number of ether oxygens (including phenoxy) is 4. The van der Waals surface area contributed by atoms with Gasteiger partial charge in [-0.2, -0.15) is 0 Å². The fraction of sp³-hybridized carbons (Fsp3) is 0.438. The lowest BCUT2D eigenvalue weighted by molar-refractivity contribution is -0.139. The van der Waals surface area contributed by atoms with Gasteiger partial charge in [0.2, 0.25) is 0 Å². The van der Waals surface area contributed by atoms with Gasteiger partial charge in [0.15, 0.2) is 17.5 Å². The Morgan fingerprint density at radius 2 is 1.52 bits per heavy atom. The molecule has 0 aliphatic carbocycles. The summed E-state index contributed by atoms with van der Waals surface area (Å²) < 4.78 is 38.7. The first-order chi connectivity index (χ1) is 20.4. The first-order valence-electron chi connectivity index (χ1n) is 14.2. The average molecular weight is 614 g/mol. The number of carboxylic acid groups (broad SMARTS) is 1. The second kappa shape index (κ2) is 13.4. The lowest BCUT2D eigenvalue weighted by Gasteiger charge is -2.39. The molecule has 2 amide bonds. The molecule has 0 saturated carbocycles. The maximum Gasteiger partial charge on any atom is 0.439 e. The number of rotatable bonds is 9. The van der Waals surface area contributed by atoms with E-state index in [1.807, 2.05) is 13.8 Å². The summed E-state index contributed by atoms with van der Waals surface area (Å²) >= 11 is 0. The number of imide groups is 1. The zero-order valence-corrected chi connectivity index (χ0v) is 26.5. The molecule has 12 heteroatoms. The van der Waals surface area contributed by atoms with Crippen LogP contribution >= 0.6 is 0 Å². The van der Waals surface area contributed by atoms with Gasteiger partial charge in [-0.3, -0.25) is 4.98 Å². The van der Waals surface area contributed by atoms with E-state index in [0.29, 0.717) is 21.5 Å². The van der Waals surface area contributed by atoms with Crippen molar-refractivity contribution < 1.29 is 42.8 Å². The number of benzene rings is 2. The van der Waals surface area contributed by atoms with Crippen LogP contribution in [0.5, 0.6) is 11.5 Å². The Hall–Kier alpha value is -4.61. The van der Waals surface area contributed by atoms with E-state index in [9.17, 15) is 19.5 Å². The number of halogens is 1. The molecular formula is C32H40FN3O8. The smallest absolute Gasteiger partial charge is 0.439 e. The van der Waals surface area contributed by atoms with Crippen LogP contribution in [-0.4, -0.2) is 57.2 Å². The minimum atomic E-state index is -1.86. The largest absolute Gasteiger partial charge is 0.490 e. The Balaban J connectivity index is 2.39. The van der Waals surface area contributed by atoms with E-state index in [2.05, 4.69) is 4.98 Å². The third-order valence-electron chi connectivity index (χ3n) is 5.73. The molecular weight excluding hydrogens is 573 g/mol. The van der Waals surface area contributed by atoms with Crippen molar-refractivity contribution in [3.63, 3.8) is 0 Å². The Morgan fingerprint density at radius 3 is 2.05 bits per heavy atom. The highest BCUT2D eigenvalue weighted by atomic mass is 19.1. The molecule has 11 nitrogen and oxygen atoms in total. The monoisotopic (exact) mass is 613 g/mol. The van der Waals surface area contributed by atoms with Gasteiger partial charge in [0, 0.05) is 17.8 Å². The van der Waals surface area contributed by atoms with E-state index in [-0.39, 0.29) is 24.0 Å². The van der Waals surface area contributed by atoms with Crippen molar-refractivity contribution in [2.75, 3.05) is 11.6 Å². The van der Waals surface area contributed by atoms with Gasteiger partial charge in [-0.05, 0) is 104 Å². The van der Waals surface area contributed by atoms with Crippen LogP contribution in [0, 0.1) is 5.82 Å². The fourth-order valence-corrected chi connectivity index (χ4v) is 4.20. The molecule has 0 spiro atoms. The van der Waals surface area contributed by atoms with Crippen LogP contribution in [0.15, 0.2) is 48.8 Å². The van der Waals surface area contributed by atoms with Crippen LogP contribution in [-0.2, 0) is 14.3 Å². The number of hydrogen-bond donors (Lipinski definition) is 1. The molecule has 1 aromatic heterocycles. The number of aromatic nitrogens is 1. The number of carboxylic acids is 1. The number of carbonyl (C=O) groups excluding carboxylic acids is 2. The van der Waals surface area contributed by atoms with E-state index in [1.165, 1.54) is 36.7 Å². The van der Waals surface area contributed by atoms with Crippen molar-refractivity contribution in [2.24, 2.45) is 0 Å². The normalized spacial score (nSPS) is 12.4. The molecule has 1 unspecified atom stereocenters. The number of anilines is 1. The van der Waals surface area contributed by atoms with Crippen molar-refractivity contribution in [3.05, 3.63) is 60.2 Å². The first kappa shape index (κ1) is 33.9. The van der Waals surface area contributed by atoms with Crippen LogP contribution in [0.25, 0.3) is 10.8 Å². The van der Waals surface area contributed by atoms with Gasteiger partial charge in [-0.25, -0.2) is 23.8 Å². The number of hydrogen-bond acceptors (Lipinski definition) is 9. The molecule has 0 bridgehead atoms. The first-order valence-corrected chi connectivity index (χ1v) is 14.2. The van der Waals surface area contributed by atoms with E-state index in [1.54, 1.807) is 54.5 Å². The summed E-state index contributed by atoms with van der Waals surface area (Å²) in [6.45, 7) is 15.1. The maximum absolute atomic E-state index is 16.0. The second-order valence-corrected chi connectivity index (χ2v) is 12.2. The van der Waals surface area contributed by atoms with Gasteiger partial charge in [-0.1, -0.05) is 6.07 Å². The molecule has 1 atom stereocenters. The van der Waals surface area contributed by atoms with Crippen molar-refractivity contribution in [2.45, 2.75) is 85.7 Å². The Morgan fingerprint density at radius 1 is 0.909 bits per heavy atom. The standard InChI is InChI=1S/C32H40FN3O8/c1-10-41-26-17-21(11-12-25(26)42-19(2)3)27(28(37)38)35(24-16-20-13-14-34-18-22(20)15-23(24)33)36(29(39)43-31(4,5)6)30(40)44-32(7,8)9/h11-19,27H,10H2,1-9H3,(H,37,38). The molecule has 0 fully saturated rings. The topological polar surface area (TPSA) is 128 Å². The van der Waals surface area contributed by atoms with Crippen LogP contribution in [0.2, 0.25) is 0 Å².